The van der Waals surface area contributed by atoms with Crippen molar-refractivity contribution in [1.29, 1.82) is 0 Å². The molecule has 0 aliphatic heterocycles. The molecule has 1 unspecified atom stereocenters. The summed E-state index contributed by atoms with van der Waals surface area (Å²) < 4.78 is 18.1. The maximum absolute atomic E-state index is 12.7. The Morgan fingerprint density at radius 2 is 2.31 bits per heavy atom. The summed E-state index contributed by atoms with van der Waals surface area (Å²) in [7, 11) is 0. The maximum Gasteiger partial charge on any atom is 0.307 e. The number of ether oxygens (including phenoxy) is 1. The highest BCUT2D eigenvalue weighted by atomic mass is 35.5. The van der Waals surface area contributed by atoms with Crippen LogP contribution in [-0.4, -0.2) is 17.2 Å². The van der Waals surface area contributed by atoms with E-state index in [9.17, 15) is 9.18 Å². The zero-order valence-corrected chi connectivity index (χ0v) is 9.50. The van der Waals surface area contributed by atoms with Gasteiger partial charge in [-0.25, -0.2) is 4.39 Å². The molecule has 0 saturated carbocycles. The SMILES string of the molecule is CCC(CC(=O)O)Oc1ccc(F)cc1Cl. The fourth-order valence-corrected chi connectivity index (χ4v) is 1.43. The van der Waals surface area contributed by atoms with Crippen LogP contribution >= 0.6 is 11.6 Å². The minimum absolute atomic E-state index is 0.107. The molecule has 0 heterocycles. The Labute approximate surface area is 97.8 Å². The van der Waals surface area contributed by atoms with Crippen LogP contribution in [0.3, 0.4) is 0 Å². The Balaban J connectivity index is 2.73. The molecule has 5 heteroatoms. The first-order valence-electron chi connectivity index (χ1n) is 4.86. The second kappa shape index (κ2) is 5.70. The lowest BCUT2D eigenvalue weighted by molar-refractivity contribution is -0.138. The van der Waals surface area contributed by atoms with Gasteiger partial charge in [-0.3, -0.25) is 4.79 Å². The number of carboxylic acids is 1. The van der Waals surface area contributed by atoms with Gasteiger partial charge in [0.1, 0.15) is 17.7 Å². The maximum atomic E-state index is 12.7. The number of rotatable bonds is 5. The third-order valence-corrected chi connectivity index (χ3v) is 2.34. The van der Waals surface area contributed by atoms with Crippen molar-refractivity contribution in [2.75, 3.05) is 0 Å². The Morgan fingerprint density at radius 3 is 2.81 bits per heavy atom. The van der Waals surface area contributed by atoms with Gasteiger partial charge in [0.2, 0.25) is 0 Å². The molecule has 0 aliphatic carbocycles. The van der Waals surface area contributed by atoms with Gasteiger partial charge in [-0.1, -0.05) is 18.5 Å². The topological polar surface area (TPSA) is 46.5 Å². The number of hydrogen-bond acceptors (Lipinski definition) is 2. The van der Waals surface area contributed by atoms with E-state index >= 15 is 0 Å². The molecule has 1 N–H and O–H groups in total. The predicted octanol–water partition coefficient (Wildman–Crippen LogP) is 3.11. The van der Waals surface area contributed by atoms with E-state index in [0.717, 1.165) is 6.07 Å². The normalized spacial score (nSPS) is 12.2. The van der Waals surface area contributed by atoms with Crippen LogP contribution in [0.2, 0.25) is 5.02 Å². The van der Waals surface area contributed by atoms with E-state index in [4.69, 9.17) is 21.4 Å². The molecule has 1 atom stereocenters. The highest BCUT2D eigenvalue weighted by molar-refractivity contribution is 6.32. The van der Waals surface area contributed by atoms with Crippen molar-refractivity contribution < 1.29 is 19.0 Å². The zero-order valence-electron chi connectivity index (χ0n) is 8.74. The third kappa shape index (κ3) is 3.70. The molecule has 0 radical (unpaired) electrons. The molecule has 0 saturated heterocycles. The van der Waals surface area contributed by atoms with Crippen LogP contribution in [0.1, 0.15) is 19.8 Å². The summed E-state index contributed by atoms with van der Waals surface area (Å²) in [6, 6.07) is 3.74. The lowest BCUT2D eigenvalue weighted by Gasteiger charge is -2.16. The van der Waals surface area contributed by atoms with Crippen molar-refractivity contribution in [2.24, 2.45) is 0 Å². The summed E-state index contributed by atoms with van der Waals surface area (Å²) in [6.07, 6.45) is -0.0232. The number of halogens is 2. The third-order valence-electron chi connectivity index (χ3n) is 2.05. The Kier molecular flexibility index (Phi) is 4.55. The van der Waals surface area contributed by atoms with Gasteiger partial charge in [0.15, 0.2) is 0 Å². The van der Waals surface area contributed by atoms with Crippen LogP contribution in [0.4, 0.5) is 4.39 Å². The van der Waals surface area contributed by atoms with Gasteiger partial charge in [0.25, 0.3) is 0 Å². The van der Waals surface area contributed by atoms with Crippen molar-refractivity contribution in [1.82, 2.24) is 0 Å². The summed E-state index contributed by atoms with van der Waals surface area (Å²) >= 11 is 5.75. The second-order valence-electron chi connectivity index (χ2n) is 3.32. The minimum atomic E-state index is -0.940. The smallest absolute Gasteiger partial charge is 0.307 e. The lowest BCUT2D eigenvalue weighted by atomic mass is 10.2. The summed E-state index contributed by atoms with van der Waals surface area (Å²) in [4.78, 5) is 10.5. The number of carbonyl (C=O) groups is 1. The first-order valence-corrected chi connectivity index (χ1v) is 5.24. The van der Waals surface area contributed by atoms with Crippen molar-refractivity contribution in [2.45, 2.75) is 25.9 Å². The molecule has 3 nitrogen and oxygen atoms in total. The summed E-state index contributed by atoms with van der Waals surface area (Å²) in [6.45, 7) is 1.81. The van der Waals surface area contributed by atoms with E-state index in [1.165, 1.54) is 12.1 Å². The fraction of sp³-hybridized carbons (Fsp3) is 0.364. The lowest BCUT2D eigenvalue weighted by Crippen LogP contribution is -2.19. The van der Waals surface area contributed by atoms with E-state index in [1.807, 2.05) is 6.92 Å². The van der Waals surface area contributed by atoms with Gasteiger partial charge in [-0.05, 0) is 24.6 Å². The molecule has 0 fully saturated rings. The summed E-state index contributed by atoms with van der Waals surface area (Å²) in [5, 5.41) is 8.78. The average Bonchev–Trinajstić information content (AvgIpc) is 2.20. The van der Waals surface area contributed by atoms with E-state index in [1.54, 1.807) is 0 Å². The van der Waals surface area contributed by atoms with Crippen molar-refractivity contribution >= 4 is 17.6 Å². The largest absolute Gasteiger partial charge is 0.488 e. The zero-order chi connectivity index (χ0) is 12.1. The summed E-state index contributed by atoms with van der Waals surface area (Å²) in [5.41, 5.74) is 0. The number of hydrogen-bond donors (Lipinski definition) is 1. The second-order valence-corrected chi connectivity index (χ2v) is 3.73. The van der Waals surface area contributed by atoms with Crippen LogP contribution < -0.4 is 4.74 Å². The minimum Gasteiger partial charge on any atom is -0.488 e. The number of carboxylic acid groups (broad SMARTS) is 1. The molecule has 1 aromatic carbocycles. The van der Waals surface area contributed by atoms with E-state index in [0.29, 0.717) is 12.2 Å². The van der Waals surface area contributed by atoms with E-state index < -0.39 is 17.9 Å². The number of aliphatic carboxylic acids is 1. The van der Waals surface area contributed by atoms with Crippen molar-refractivity contribution in [3.63, 3.8) is 0 Å². The Hall–Kier alpha value is -1.29. The Bertz CT molecular complexity index is 381. The highest BCUT2D eigenvalue weighted by Gasteiger charge is 2.14. The van der Waals surface area contributed by atoms with Crippen molar-refractivity contribution in [3.05, 3.63) is 29.0 Å². The van der Waals surface area contributed by atoms with Crippen molar-refractivity contribution in [3.8, 4) is 5.75 Å². The van der Waals surface area contributed by atoms with Crippen LogP contribution in [-0.2, 0) is 4.79 Å². The van der Waals surface area contributed by atoms with Gasteiger partial charge in [-0.15, -0.1) is 0 Å². The van der Waals surface area contributed by atoms with E-state index in [-0.39, 0.29) is 11.4 Å². The molecular weight excluding hydrogens is 235 g/mol. The molecule has 0 spiro atoms. The fourth-order valence-electron chi connectivity index (χ4n) is 1.21. The van der Waals surface area contributed by atoms with Crippen LogP contribution in [0.5, 0.6) is 5.75 Å². The molecular formula is C11H12ClFO3. The van der Waals surface area contributed by atoms with Gasteiger partial charge < -0.3 is 9.84 Å². The molecule has 0 amide bonds. The van der Waals surface area contributed by atoms with Gasteiger partial charge in [0, 0.05) is 0 Å². The average molecular weight is 247 g/mol. The first-order chi connectivity index (χ1) is 7.52. The molecule has 0 bridgehead atoms. The van der Waals surface area contributed by atoms with Crippen LogP contribution in [0.25, 0.3) is 0 Å². The molecule has 16 heavy (non-hydrogen) atoms. The van der Waals surface area contributed by atoms with Crippen LogP contribution in [0, 0.1) is 5.82 Å². The first kappa shape index (κ1) is 12.8. The predicted molar refractivity (Wildman–Crippen MR) is 58.4 cm³/mol. The molecule has 0 aromatic heterocycles. The standard InChI is InChI=1S/C11H12ClFO3/c1-2-8(6-11(14)15)16-10-4-3-7(13)5-9(10)12/h3-5,8H,2,6H2,1H3,(H,14,15). The molecule has 1 rings (SSSR count). The number of benzene rings is 1. The van der Waals surface area contributed by atoms with Gasteiger partial charge >= 0.3 is 5.97 Å². The molecule has 1 aromatic rings. The highest BCUT2D eigenvalue weighted by Crippen LogP contribution is 2.26. The monoisotopic (exact) mass is 246 g/mol. The Morgan fingerprint density at radius 1 is 1.62 bits per heavy atom. The molecule has 0 aliphatic rings. The molecule has 88 valence electrons. The van der Waals surface area contributed by atoms with Gasteiger partial charge in [0.05, 0.1) is 11.4 Å². The quantitative estimate of drug-likeness (QED) is 0.868. The van der Waals surface area contributed by atoms with E-state index in [2.05, 4.69) is 0 Å². The summed E-state index contributed by atoms with van der Waals surface area (Å²) in [5.74, 6) is -1.09. The van der Waals surface area contributed by atoms with Gasteiger partial charge in [-0.2, -0.15) is 0 Å². The van der Waals surface area contributed by atoms with Crippen LogP contribution in [0.15, 0.2) is 18.2 Å².